The van der Waals surface area contributed by atoms with E-state index < -0.39 is 0 Å². The van der Waals surface area contributed by atoms with Gasteiger partial charge in [0.15, 0.2) is 0 Å². The summed E-state index contributed by atoms with van der Waals surface area (Å²) in [5.74, 6) is 0. The normalized spacial score (nSPS) is 14.1. The van der Waals surface area contributed by atoms with Gasteiger partial charge in [-0.25, -0.2) is 0 Å². The molecule has 1 aromatic heterocycles. The van der Waals surface area contributed by atoms with E-state index in [4.69, 9.17) is 4.42 Å². The van der Waals surface area contributed by atoms with Crippen molar-refractivity contribution in [2.75, 3.05) is 4.90 Å². The van der Waals surface area contributed by atoms with Gasteiger partial charge in [0, 0.05) is 38.5 Å². The van der Waals surface area contributed by atoms with Crippen LogP contribution in [0, 0.1) is 0 Å². The summed E-state index contributed by atoms with van der Waals surface area (Å²) in [6.07, 6.45) is 0. The number of furan rings is 1. The second kappa shape index (κ2) is 13.5. The Morgan fingerprint density at radius 3 is 1.66 bits per heavy atom. The third-order valence-electron chi connectivity index (χ3n) is 13.9. The molecule has 0 aliphatic heterocycles. The van der Waals surface area contributed by atoms with E-state index in [1.54, 1.807) is 0 Å². The van der Waals surface area contributed by atoms with E-state index in [0.717, 1.165) is 55.6 Å². The molecule has 0 saturated carbocycles. The standard InChI is InChI=1S/C60H45NO/c1-59(2)52-24-10-8-19-46(52)50-36-54-51(37-53(50)59)48-22-14-25-55(57(48)60(54,3)4)61(43-31-27-39(28-32-43)38-15-6-5-7-16-38)44-33-29-40(30-34-44)41-17-12-18-42(35-41)45-21-13-23-49-47-20-9-11-26-56(47)62-58(45)49/h5-37H,1-4H3. The Labute approximate surface area is 363 Å². The fourth-order valence-corrected chi connectivity index (χ4v) is 10.7. The highest BCUT2D eigenvalue weighted by Crippen LogP contribution is 2.58. The topological polar surface area (TPSA) is 16.4 Å². The van der Waals surface area contributed by atoms with Crippen molar-refractivity contribution in [3.05, 3.63) is 222 Å². The highest BCUT2D eigenvalue weighted by molar-refractivity contribution is 6.09. The van der Waals surface area contributed by atoms with Crippen LogP contribution in [0.2, 0.25) is 0 Å². The highest BCUT2D eigenvalue weighted by atomic mass is 16.3. The zero-order valence-electron chi connectivity index (χ0n) is 35.4. The van der Waals surface area contributed by atoms with Crippen LogP contribution >= 0.6 is 0 Å². The molecule has 0 unspecified atom stereocenters. The Bertz CT molecular complexity index is 3390. The van der Waals surface area contributed by atoms with Gasteiger partial charge in [-0.3, -0.25) is 0 Å². The summed E-state index contributed by atoms with van der Waals surface area (Å²) in [7, 11) is 0. The van der Waals surface area contributed by atoms with E-state index in [-0.39, 0.29) is 10.8 Å². The van der Waals surface area contributed by atoms with Crippen LogP contribution in [0.4, 0.5) is 17.1 Å². The van der Waals surface area contributed by atoms with Crippen LogP contribution in [-0.2, 0) is 10.8 Å². The van der Waals surface area contributed by atoms with Gasteiger partial charge in [-0.2, -0.15) is 0 Å². The molecule has 12 rings (SSSR count). The maximum absolute atomic E-state index is 6.45. The first-order chi connectivity index (χ1) is 30.3. The zero-order chi connectivity index (χ0) is 41.7. The summed E-state index contributed by atoms with van der Waals surface area (Å²) < 4.78 is 6.45. The second-order valence-corrected chi connectivity index (χ2v) is 18.1. The SMILES string of the molecule is CC1(C)c2ccccc2-c2cc3c(cc21)-c1cccc(N(c2ccc(-c4ccccc4)cc2)c2ccc(-c4cccc(-c5cccc6c5oc5ccccc56)c4)cc2)c1C3(C)C. The molecule has 2 nitrogen and oxygen atoms in total. The molecule has 0 saturated heterocycles. The number of fused-ring (bicyclic) bond motifs is 9. The van der Waals surface area contributed by atoms with Gasteiger partial charge in [0.1, 0.15) is 11.2 Å². The van der Waals surface area contributed by atoms with E-state index in [9.17, 15) is 0 Å². The van der Waals surface area contributed by atoms with Gasteiger partial charge in [-0.05, 0) is 127 Å². The summed E-state index contributed by atoms with van der Waals surface area (Å²) in [5, 5.41) is 2.28. The quantitative estimate of drug-likeness (QED) is 0.167. The maximum Gasteiger partial charge on any atom is 0.143 e. The van der Waals surface area contributed by atoms with Crippen LogP contribution < -0.4 is 4.90 Å². The summed E-state index contributed by atoms with van der Waals surface area (Å²) in [4.78, 5) is 2.47. The molecule has 296 valence electrons. The molecule has 1 heterocycles. The molecular weight excluding hydrogens is 751 g/mol. The van der Waals surface area contributed by atoms with Crippen LogP contribution in [0.3, 0.4) is 0 Å². The van der Waals surface area contributed by atoms with E-state index >= 15 is 0 Å². The summed E-state index contributed by atoms with van der Waals surface area (Å²) in [5.41, 5.74) is 22.9. The number of nitrogens with zero attached hydrogens (tertiary/aromatic N) is 1. The molecule has 0 bridgehead atoms. The van der Waals surface area contributed by atoms with Crippen LogP contribution in [0.15, 0.2) is 205 Å². The minimum Gasteiger partial charge on any atom is -0.455 e. The van der Waals surface area contributed by atoms with Crippen molar-refractivity contribution in [3.8, 4) is 55.6 Å². The van der Waals surface area contributed by atoms with Crippen molar-refractivity contribution in [1.29, 1.82) is 0 Å². The van der Waals surface area contributed by atoms with Gasteiger partial charge in [0.05, 0.1) is 5.69 Å². The van der Waals surface area contributed by atoms with Crippen molar-refractivity contribution in [2.24, 2.45) is 0 Å². The molecule has 2 heteroatoms. The van der Waals surface area contributed by atoms with Crippen LogP contribution in [0.5, 0.6) is 0 Å². The van der Waals surface area contributed by atoms with Crippen molar-refractivity contribution in [3.63, 3.8) is 0 Å². The lowest BCUT2D eigenvalue weighted by atomic mass is 9.79. The highest BCUT2D eigenvalue weighted by Gasteiger charge is 2.43. The van der Waals surface area contributed by atoms with Crippen molar-refractivity contribution >= 4 is 39.0 Å². The molecule has 2 aliphatic carbocycles. The fourth-order valence-electron chi connectivity index (χ4n) is 10.7. The lowest BCUT2D eigenvalue weighted by Gasteiger charge is -2.32. The molecule has 0 amide bonds. The van der Waals surface area contributed by atoms with Gasteiger partial charge >= 0.3 is 0 Å². The van der Waals surface area contributed by atoms with Gasteiger partial charge in [-0.1, -0.05) is 173 Å². The van der Waals surface area contributed by atoms with Gasteiger partial charge < -0.3 is 9.32 Å². The largest absolute Gasteiger partial charge is 0.455 e. The van der Waals surface area contributed by atoms with Gasteiger partial charge in [0.25, 0.3) is 0 Å². The van der Waals surface area contributed by atoms with Crippen molar-refractivity contribution < 1.29 is 4.42 Å². The predicted octanol–water partition coefficient (Wildman–Crippen LogP) is 16.7. The Morgan fingerprint density at radius 2 is 0.887 bits per heavy atom. The average molecular weight is 796 g/mol. The molecule has 0 N–H and O–H groups in total. The molecular formula is C60H45NO. The Kier molecular flexibility index (Phi) is 7.96. The smallest absolute Gasteiger partial charge is 0.143 e. The van der Waals surface area contributed by atoms with E-state index in [1.807, 2.05) is 12.1 Å². The van der Waals surface area contributed by atoms with Crippen LogP contribution in [-0.4, -0.2) is 0 Å². The summed E-state index contributed by atoms with van der Waals surface area (Å²) in [6, 6.07) is 73.3. The first-order valence-electron chi connectivity index (χ1n) is 21.8. The molecule has 0 fully saturated rings. The number of hydrogen-bond acceptors (Lipinski definition) is 2. The number of hydrogen-bond donors (Lipinski definition) is 0. The number of rotatable bonds is 6. The Morgan fingerprint density at radius 1 is 0.355 bits per heavy atom. The zero-order valence-corrected chi connectivity index (χ0v) is 35.4. The lowest BCUT2D eigenvalue weighted by molar-refractivity contribution is 0.652. The Balaban J connectivity index is 0.974. The summed E-state index contributed by atoms with van der Waals surface area (Å²) in [6.45, 7) is 9.59. The fraction of sp³-hybridized carbons (Fsp3) is 0.100. The van der Waals surface area contributed by atoms with Gasteiger partial charge in [0.2, 0.25) is 0 Å². The molecule has 62 heavy (non-hydrogen) atoms. The number of anilines is 3. The molecule has 10 aromatic rings. The minimum atomic E-state index is -0.247. The lowest BCUT2D eigenvalue weighted by Crippen LogP contribution is -2.21. The van der Waals surface area contributed by atoms with Crippen LogP contribution in [0.25, 0.3) is 77.6 Å². The molecule has 2 aliphatic rings. The average Bonchev–Trinajstić information content (AvgIpc) is 3.89. The monoisotopic (exact) mass is 795 g/mol. The molecule has 9 aromatic carbocycles. The molecule has 0 spiro atoms. The molecule has 0 atom stereocenters. The van der Waals surface area contributed by atoms with E-state index in [1.165, 1.54) is 61.3 Å². The van der Waals surface area contributed by atoms with Crippen molar-refractivity contribution in [2.45, 2.75) is 38.5 Å². The maximum atomic E-state index is 6.45. The molecule has 0 radical (unpaired) electrons. The number of para-hydroxylation sites is 2. The first-order valence-corrected chi connectivity index (χ1v) is 21.8. The second-order valence-electron chi connectivity index (χ2n) is 18.1. The third-order valence-corrected chi connectivity index (χ3v) is 13.9. The Hall–Kier alpha value is -7.42. The van der Waals surface area contributed by atoms with E-state index in [2.05, 4.69) is 221 Å². The first kappa shape index (κ1) is 36.4. The predicted molar refractivity (Wildman–Crippen MR) is 260 cm³/mol. The third kappa shape index (κ3) is 5.43. The summed E-state index contributed by atoms with van der Waals surface area (Å²) >= 11 is 0. The number of benzene rings is 9. The van der Waals surface area contributed by atoms with E-state index in [0.29, 0.717) is 0 Å². The van der Waals surface area contributed by atoms with Crippen molar-refractivity contribution in [1.82, 2.24) is 0 Å². The van der Waals surface area contributed by atoms with Gasteiger partial charge in [-0.15, -0.1) is 0 Å². The van der Waals surface area contributed by atoms with Crippen LogP contribution in [0.1, 0.15) is 49.9 Å². The minimum absolute atomic E-state index is 0.0694.